The summed E-state index contributed by atoms with van der Waals surface area (Å²) in [4.78, 5) is 30.5. The highest BCUT2D eigenvalue weighted by atomic mass is 15.2. The maximum absolute atomic E-state index is 10.3. The van der Waals surface area contributed by atoms with Crippen molar-refractivity contribution in [2.45, 2.75) is 0 Å². The van der Waals surface area contributed by atoms with Crippen LogP contribution in [0.3, 0.4) is 0 Å². The average molecular weight is 845 g/mol. The number of hydrogen-bond donors (Lipinski definition) is 0. The van der Waals surface area contributed by atoms with E-state index in [2.05, 4.69) is 45.5 Å². The fourth-order valence-corrected chi connectivity index (χ4v) is 8.95. The van der Waals surface area contributed by atoms with Gasteiger partial charge in [-0.25, -0.2) is 9.97 Å². The van der Waals surface area contributed by atoms with Crippen LogP contribution in [0.2, 0.25) is 0 Å². The first-order chi connectivity index (χ1) is 32.6. The number of aromatic nitrogens is 8. The Bertz CT molecular complexity index is 3570. The smallest absolute Gasteiger partial charge is 0.238 e. The molecule has 0 N–H and O–H groups in total. The number of rotatable bonds is 7. The lowest BCUT2D eigenvalue weighted by atomic mass is 9.95. The molecule has 10 heteroatoms. The molecule has 0 aliphatic heterocycles. The van der Waals surface area contributed by atoms with Gasteiger partial charge in [-0.3, -0.25) is 9.13 Å². The SMILES string of the molecule is N#Cc1ccc2c(c1)c1c(-c3cccc4c3c3cc(C#N)ccc3n4-c3nc(-c4ccccc4)nc(-c4ccccc4)n3)cccc1n2-c1nc(-c2ccccc2)nc(-c2ccccc2)n1. The quantitative estimate of drug-likeness (QED) is 0.155. The Labute approximate surface area is 377 Å². The first-order valence-corrected chi connectivity index (χ1v) is 21.3. The van der Waals surface area contributed by atoms with E-state index in [9.17, 15) is 10.5 Å². The Morgan fingerprint density at radius 3 is 0.970 bits per heavy atom. The summed E-state index contributed by atoms with van der Waals surface area (Å²) in [5.74, 6) is 3.03. The van der Waals surface area contributed by atoms with Gasteiger partial charge in [-0.1, -0.05) is 146 Å². The minimum atomic E-state index is 0.441. The monoisotopic (exact) mass is 844 g/mol. The number of hydrogen-bond acceptors (Lipinski definition) is 8. The van der Waals surface area contributed by atoms with Crippen LogP contribution >= 0.6 is 0 Å². The van der Waals surface area contributed by atoms with Crippen LogP contribution in [0.1, 0.15) is 11.1 Å². The largest absolute Gasteiger partial charge is 0.278 e. The molecule has 4 aromatic heterocycles. The third-order valence-electron chi connectivity index (χ3n) is 11.9. The molecule has 4 heterocycles. The van der Waals surface area contributed by atoms with Gasteiger partial charge in [-0.05, 0) is 59.7 Å². The standard InChI is InChI=1S/C56H32N10/c57-33-35-27-29-45-43(31-35)49-41(23-13-25-47(49)65(45)55-61-51(37-15-5-1-6-16-37)59-52(62-55)38-17-7-2-8-18-38)42-24-14-26-48-50(42)44-32-36(34-58)28-30-46(44)66(48)56-63-53(39-19-9-3-10-20-39)60-54(64-56)40-21-11-4-12-22-40/h1-32H. The lowest BCUT2D eigenvalue weighted by Gasteiger charge is -2.12. The van der Waals surface area contributed by atoms with Crippen LogP contribution < -0.4 is 0 Å². The summed E-state index contributed by atoms with van der Waals surface area (Å²) < 4.78 is 4.13. The second-order valence-corrected chi connectivity index (χ2v) is 15.8. The fourth-order valence-electron chi connectivity index (χ4n) is 8.95. The number of fused-ring (bicyclic) bond motifs is 6. The van der Waals surface area contributed by atoms with Gasteiger partial charge < -0.3 is 0 Å². The van der Waals surface area contributed by atoms with Gasteiger partial charge in [0.15, 0.2) is 23.3 Å². The first-order valence-electron chi connectivity index (χ1n) is 21.3. The normalized spacial score (nSPS) is 11.3. The zero-order valence-electron chi connectivity index (χ0n) is 34.9. The predicted octanol–water partition coefficient (Wildman–Crippen LogP) is 12.3. The molecule has 12 rings (SSSR count). The van der Waals surface area contributed by atoms with Gasteiger partial charge in [0, 0.05) is 43.8 Å². The summed E-state index contributed by atoms with van der Waals surface area (Å²) in [7, 11) is 0. The van der Waals surface area contributed by atoms with Crippen molar-refractivity contribution in [3.05, 3.63) is 205 Å². The molecule has 10 nitrogen and oxygen atoms in total. The molecule has 0 radical (unpaired) electrons. The minimum absolute atomic E-state index is 0.441. The van der Waals surface area contributed by atoms with Crippen molar-refractivity contribution in [2.75, 3.05) is 0 Å². The van der Waals surface area contributed by atoms with Crippen LogP contribution in [0.25, 0.3) is 112 Å². The summed E-state index contributed by atoms with van der Waals surface area (Å²) in [6.07, 6.45) is 0. The van der Waals surface area contributed by atoms with E-state index in [0.717, 1.165) is 77.0 Å². The second kappa shape index (κ2) is 15.6. The van der Waals surface area contributed by atoms with Gasteiger partial charge in [-0.2, -0.15) is 30.5 Å². The Morgan fingerprint density at radius 2 is 0.652 bits per heavy atom. The van der Waals surface area contributed by atoms with Crippen LogP contribution in [-0.4, -0.2) is 39.0 Å². The maximum atomic E-state index is 10.3. The highest BCUT2D eigenvalue weighted by molar-refractivity contribution is 6.22. The van der Waals surface area contributed by atoms with Crippen LogP contribution in [-0.2, 0) is 0 Å². The van der Waals surface area contributed by atoms with E-state index in [0.29, 0.717) is 46.3 Å². The van der Waals surface area contributed by atoms with Gasteiger partial charge in [0.25, 0.3) is 0 Å². The molecule has 66 heavy (non-hydrogen) atoms. The molecule has 0 unspecified atom stereocenters. The highest BCUT2D eigenvalue weighted by Gasteiger charge is 2.24. The Hall–Kier alpha value is -9.64. The summed E-state index contributed by atoms with van der Waals surface area (Å²) in [5, 5.41) is 24.1. The van der Waals surface area contributed by atoms with E-state index in [-0.39, 0.29) is 0 Å². The molecule has 0 bridgehead atoms. The van der Waals surface area contributed by atoms with E-state index in [1.165, 1.54) is 0 Å². The van der Waals surface area contributed by atoms with Gasteiger partial charge in [0.2, 0.25) is 11.9 Å². The fraction of sp³-hybridized carbons (Fsp3) is 0. The van der Waals surface area contributed by atoms with Crippen LogP contribution in [0, 0.1) is 22.7 Å². The first kappa shape index (κ1) is 38.1. The van der Waals surface area contributed by atoms with Gasteiger partial charge in [0.1, 0.15) is 0 Å². The summed E-state index contributed by atoms with van der Waals surface area (Å²) >= 11 is 0. The van der Waals surface area contributed by atoms with Crippen molar-refractivity contribution in [3.63, 3.8) is 0 Å². The van der Waals surface area contributed by atoms with Crippen molar-refractivity contribution in [1.82, 2.24) is 39.0 Å². The van der Waals surface area contributed by atoms with Gasteiger partial charge in [0.05, 0.1) is 45.3 Å². The Morgan fingerprint density at radius 1 is 0.318 bits per heavy atom. The number of nitriles is 2. The average Bonchev–Trinajstić information content (AvgIpc) is 3.92. The topological polar surface area (TPSA) is 135 Å². The Kier molecular flexibility index (Phi) is 9.01. The van der Waals surface area contributed by atoms with Crippen molar-refractivity contribution < 1.29 is 0 Å². The molecule has 8 aromatic carbocycles. The van der Waals surface area contributed by atoms with Crippen molar-refractivity contribution in [2.24, 2.45) is 0 Å². The number of nitrogens with zero attached hydrogens (tertiary/aromatic N) is 10. The van der Waals surface area contributed by atoms with E-state index in [1.807, 2.05) is 170 Å². The van der Waals surface area contributed by atoms with Crippen molar-refractivity contribution in [1.29, 1.82) is 10.5 Å². The lowest BCUT2D eigenvalue weighted by Crippen LogP contribution is -2.06. The van der Waals surface area contributed by atoms with Gasteiger partial charge in [-0.15, -0.1) is 0 Å². The molecular weight excluding hydrogens is 813 g/mol. The third-order valence-corrected chi connectivity index (χ3v) is 11.9. The van der Waals surface area contributed by atoms with E-state index < -0.39 is 0 Å². The Balaban J connectivity index is 1.15. The predicted molar refractivity (Wildman–Crippen MR) is 258 cm³/mol. The zero-order valence-corrected chi connectivity index (χ0v) is 34.9. The van der Waals surface area contributed by atoms with Crippen LogP contribution in [0.5, 0.6) is 0 Å². The molecule has 0 aliphatic carbocycles. The highest BCUT2D eigenvalue weighted by Crippen LogP contribution is 2.44. The molecule has 0 amide bonds. The van der Waals surface area contributed by atoms with E-state index in [4.69, 9.17) is 29.9 Å². The summed E-state index contributed by atoms with van der Waals surface area (Å²) in [6.45, 7) is 0. The third kappa shape index (κ3) is 6.33. The molecular formula is C56H32N10. The van der Waals surface area contributed by atoms with Crippen molar-refractivity contribution in [3.8, 4) is 80.7 Å². The van der Waals surface area contributed by atoms with Crippen LogP contribution in [0.4, 0.5) is 0 Å². The molecule has 0 atom stereocenters. The molecule has 0 saturated carbocycles. The van der Waals surface area contributed by atoms with Crippen LogP contribution in [0.15, 0.2) is 194 Å². The summed E-state index contributed by atoms with van der Waals surface area (Å²) in [6, 6.07) is 68.2. The zero-order chi connectivity index (χ0) is 44.1. The second-order valence-electron chi connectivity index (χ2n) is 15.8. The lowest BCUT2D eigenvalue weighted by molar-refractivity contribution is 0.953. The molecule has 12 aromatic rings. The maximum Gasteiger partial charge on any atom is 0.238 e. The molecule has 0 aliphatic rings. The molecule has 0 fully saturated rings. The number of benzene rings is 8. The molecule has 306 valence electrons. The van der Waals surface area contributed by atoms with Gasteiger partial charge >= 0.3 is 0 Å². The summed E-state index contributed by atoms with van der Waals surface area (Å²) in [5.41, 5.74) is 9.66. The minimum Gasteiger partial charge on any atom is -0.278 e. The van der Waals surface area contributed by atoms with E-state index in [1.54, 1.807) is 0 Å². The van der Waals surface area contributed by atoms with E-state index >= 15 is 0 Å². The van der Waals surface area contributed by atoms with Crippen molar-refractivity contribution >= 4 is 43.6 Å². The molecule has 0 spiro atoms. The molecule has 0 saturated heterocycles.